The molecular formula is C16H25N3O. The van der Waals surface area contributed by atoms with Crippen molar-refractivity contribution in [1.82, 2.24) is 9.80 Å². The number of hydrogen-bond donors (Lipinski definition) is 1. The van der Waals surface area contributed by atoms with Crippen molar-refractivity contribution in [3.63, 3.8) is 0 Å². The average molecular weight is 275 g/mol. The van der Waals surface area contributed by atoms with Gasteiger partial charge in [0.05, 0.1) is 0 Å². The Morgan fingerprint density at radius 3 is 2.50 bits per heavy atom. The van der Waals surface area contributed by atoms with Gasteiger partial charge in [-0.1, -0.05) is 19.9 Å². The zero-order chi connectivity index (χ0) is 14.7. The fourth-order valence-electron chi connectivity index (χ4n) is 2.71. The first-order valence-electron chi connectivity index (χ1n) is 7.35. The van der Waals surface area contributed by atoms with E-state index in [9.17, 15) is 4.79 Å². The van der Waals surface area contributed by atoms with Gasteiger partial charge in [0.2, 0.25) is 0 Å². The quantitative estimate of drug-likeness (QED) is 0.858. The molecule has 4 nitrogen and oxygen atoms in total. The van der Waals surface area contributed by atoms with Crippen LogP contribution in [0.1, 0.15) is 29.8 Å². The smallest absolute Gasteiger partial charge is 0.254 e. The van der Waals surface area contributed by atoms with Crippen molar-refractivity contribution in [3.8, 4) is 0 Å². The Labute approximate surface area is 121 Å². The normalized spacial score (nSPS) is 16.7. The molecule has 20 heavy (non-hydrogen) atoms. The van der Waals surface area contributed by atoms with Crippen LogP contribution in [-0.4, -0.2) is 48.4 Å². The van der Waals surface area contributed by atoms with Crippen LogP contribution in [0.3, 0.4) is 0 Å². The third kappa shape index (κ3) is 3.31. The predicted octanol–water partition coefficient (Wildman–Crippen LogP) is 1.99. The summed E-state index contributed by atoms with van der Waals surface area (Å²) in [5, 5.41) is 0. The van der Waals surface area contributed by atoms with Gasteiger partial charge in [-0.2, -0.15) is 0 Å². The SMILES string of the molecule is Cc1c(N)cccc1C(=O)N1CCN(CC(C)C)CC1. The molecule has 0 spiro atoms. The molecule has 0 saturated carbocycles. The van der Waals surface area contributed by atoms with Crippen LogP contribution in [0.25, 0.3) is 0 Å². The Morgan fingerprint density at radius 2 is 1.90 bits per heavy atom. The van der Waals surface area contributed by atoms with Gasteiger partial charge >= 0.3 is 0 Å². The van der Waals surface area contributed by atoms with Crippen LogP contribution in [0.4, 0.5) is 5.69 Å². The molecule has 0 radical (unpaired) electrons. The molecule has 1 heterocycles. The van der Waals surface area contributed by atoms with Gasteiger partial charge < -0.3 is 10.6 Å². The number of rotatable bonds is 3. The van der Waals surface area contributed by atoms with Crippen LogP contribution in [0.15, 0.2) is 18.2 Å². The van der Waals surface area contributed by atoms with Crippen molar-refractivity contribution in [1.29, 1.82) is 0 Å². The number of hydrogen-bond acceptors (Lipinski definition) is 3. The molecule has 2 N–H and O–H groups in total. The fourth-order valence-corrected chi connectivity index (χ4v) is 2.71. The summed E-state index contributed by atoms with van der Waals surface area (Å²) in [6.07, 6.45) is 0. The minimum Gasteiger partial charge on any atom is -0.398 e. The standard InChI is InChI=1S/C16H25N3O/c1-12(2)11-18-7-9-19(10-8-18)16(20)14-5-4-6-15(17)13(14)3/h4-6,12H,7-11,17H2,1-3H3. The summed E-state index contributed by atoms with van der Waals surface area (Å²) in [6.45, 7) is 11.0. The van der Waals surface area contributed by atoms with Crippen LogP contribution in [0.5, 0.6) is 0 Å². The minimum atomic E-state index is 0.110. The van der Waals surface area contributed by atoms with E-state index in [1.807, 2.05) is 30.0 Å². The van der Waals surface area contributed by atoms with E-state index >= 15 is 0 Å². The molecule has 1 fully saturated rings. The van der Waals surface area contributed by atoms with Crippen molar-refractivity contribution < 1.29 is 4.79 Å². The maximum Gasteiger partial charge on any atom is 0.254 e. The van der Waals surface area contributed by atoms with Crippen molar-refractivity contribution in [2.75, 3.05) is 38.5 Å². The number of carbonyl (C=O) groups is 1. The second-order valence-corrected chi connectivity index (χ2v) is 6.01. The Bertz CT molecular complexity index is 477. The zero-order valence-electron chi connectivity index (χ0n) is 12.7. The van der Waals surface area contributed by atoms with E-state index in [1.165, 1.54) is 0 Å². The number of anilines is 1. The van der Waals surface area contributed by atoms with E-state index in [1.54, 1.807) is 0 Å². The molecule has 1 amide bonds. The van der Waals surface area contributed by atoms with Crippen molar-refractivity contribution in [2.45, 2.75) is 20.8 Å². The van der Waals surface area contributed by atoms with Gasteiger partial charge in [0, 0.05) is 44.0 Å². The first kappa shape index (κ1) is 14.9. The molecule has 1 aromatic rings. The fraction of sp³-hybridized carbons (Fsp3) is 0.562. The Hall–Kier alpha value is -1.55. The molecular weight excluding hydrogens is 250 g/mol. The second-order valence-electron chi connectivity index (χ2n) is 6.01. The topological polar surface area (TPSA) is 49.6 Å². The molecule has 110 valence electrons. The predicted molar refractivity (Wildman–Crippen MR) is 82.8 cm³/mol. The van der Waals surface area contributed by atoms with Crippen LogP contribution in [0, 0.1) is 12.8 Å². The third-order valence-electron chi connectivity index (χ3n) is 3.89. The van der Waals surface area contributed by atoms with Crippen LogP contribution >= 0.6 is 0 Å². The van der Waals surface area contributed by atoms with Crippen molar-refractivity contribution in [3.05, 3.63) is 29.3 Å². The maximum absolute atomic E-state index is 12.6. The number of carbonyl (C=O) groups excluding carboxylic acids is 1. The summed E-state index contributed by atoms with van der Waals surface area (Å²) in [5.74, 6) is 0.785. The van der Waals surface area contributed by atoms with Crippen LogP contribution in [0.2, 0.25) is 0 Å². The molecule has 0 aliphatic carbocycles. The van der Waals surface area contributed by atoms with Gasteiger partial charge in [-0.05, 0) is 30.5 Å². The van der Waals surface area contributed by atoms with E-state index in [-0.39, 0.29) is 5.91 Å². The van der Waals surface area contributed by atoms with Gasteiger partial charge in [-0.15, -0.1) is 0 Å². The van der Waals surface area contributed by atoms with E-state index in [4.69, 9.17) is 5.73 Å². The Balaban J connectivity index is 2.00. The van der Waals surface area contributed by atoms with Crippen molar-refractivity contribution >= 4 is 11.6 Å². The molecule has 0 unspecified atom stereocenters. The number of nitrogen functional groups attached to an aromatic ring is 1. The molecule has 1 aromatic carbocycles. The molecule has 0 atom stereocenters. The lowest BCUT2D eigenvalue weighted by Crippen LogP contribution is -2.49. The average Bonchev–Trinajstić information content (AvgIpc) is 2.41. The van der Waals surface area contributed by atoms with Gasteiger partial charge in [0.15, 0.2) is 0 Å². The monoisotopic (exact) mass is 275 g/mol. The van der Waals surface area contributed by atoms with Crippen LogP contribution in [-0.2, 0) is 0 Å². The third-order valence-corrected chi connectivity index (χ3v) is 3.89. The summed E-state index contributed by atoms with van der Waals surface area (Å²) in [6, 6.07) is 5.56. The lowest BCUT2D eigenvalue weighted by molar-refractivity contribution is 0.0623. The lowest BCUT2D eigenvalue weighted by atomic mass is 10.1. The van der Waals surface area contributed by atoms with Crippen LogP contribution < -0.4 is 5.73 Å². The molecule has 0 aromatic heterocycles. The van der Waals surface area contributed by atoms with Gasteiger partial charge in [-0.25, -0.2) is 0 Å². The number of nitrogens with zero attached hydrogens (tertiary/aromatic N) is 2. The number of amides is 1. The van der Waals surface area contributed by atoms with Crippen molar-refractivity contribution in [2.24, 2.45) is 5.92 Å². The highest BCUT2D eigenvalue weighted by Gasteiger charge is 2.23. The Kier molecular flexibility index (Phi) is 4.65. The number of piperazine rings is 1. The van der Waals surface area contributed by atoms with Gasteiger partial charge in [-0.3, -0.25) is 9.69 Å². The molecule has 0 bridgehead atoms. The van der Waals surface area contributed by atoms with E-state index in [0.29, 0.717) is 11.6 Å². The minimum absolute atomic E-state index is 0.110. The summed E-state index contributed by atoms with van der Waals surface area (Å²) in [7, 11) is 0. The largest absolute Gasteiger partial charge is 0.398 e. The number of benzene rings is 1. The summed E-state index contributed by atoms with van der Waals surface area (Å²) >= 11 is 0. The first-order chi connectivity index (χ1) is 9.49. The Morgan fingerprint density at radius 1 is 1.25 bits per heavy atom. The highest BCUT2D eigenvalue weighted by molar-refractivity contribution is 5.97. The molecule has 1 aliphatic heterocycles. The molecule has 2 rings (SSSR count). The highest BCUT2D eigenvalue weighted by atomic mass is 16.2. The van der Waals surface area contributed by atoms with E-state index < -0.39 is 0 Å². The number of nitrogens with two attached hydrogens (primary N) is 1. The summed E-state index contributed by atoms with van der Waals surface area (Å²) in [5.41, 5.74) is 8.20. The first-order valence-corrected chi connectivity index (χ1v) is 7.35. The van der Waals surface area contributed by atoms with E-state index in [0.717, 1.165) is 43.9 Å². The molecule has 1 saturated heterocycles. The lowest BCUT2D eigenvalue weighted by Gasteiger charge is -2.35. The second kappa shape index (κ2) is 6.27. The summed E-state index contributed by atoms with van der Waals surface area (Å²) in [4.78, 5) is 16.9. The summed E-state index contributed by atoms with van der Waals surface area (Å²) < 4.78 is 0. The van der Waals surface area contributed by atoms with E-state index in [2.05, 4.69) is 18.7 Å². The van der Waals surface area contributed by atoms with Gasteiger partial charge in [0.1, 0.15) is 0 Å². The highest BCUT2D eigenvalue weighted by Crippen LogP contribution is 2.18. The maximum atomic E-state index is 12.6. The van der Waals surface area contributed by atoms with Gasteiger partial charge in [0.25, 0.3) is 5.91 Å². The molecule has 4 heteroatoms. The zero-order valence-corrected chi connectivity index (χ0v) is 12.7. The molecule has 1 aliphatic rings.